The summed E-state index contributed by atoms with van der Waals surface area (Å²) in [6.45, 7) is 0.509. The largest absolute Gasteiger partial charge is 0.484 e. The maximum atomic E-state index is 13.2. The molecule has 0 bridgehead atoms. The monoisotopic (exact) mass is 474 g/mol. The number of anilines is 1. The number of likely N-dealkylation sites (tertiary alicyclic amines) is 1. The van der Waals surface area contributed by atoms with Crippen molar-refractivity contribution >= 4 is 33.0 Å². The van der Waals surface area contributed by atoms with E-state index in [4.69, 9.17) is 4.74 Å². The molecule has 4 rings (SSSR count). The molecule has 1 saturated heterocycles. The lowest BCUT2D eigenvalue weighted by atomic mass is 10.0. The smallest absolute Gasteiger partial charge is 0.273 e. The summed E-state index contributed by atoms with van der Waals surface area (Å²) >= 11 is 1.16. The van der Waals surface area contributed by atoms with Crippen LogP contribution in [0.4, 0.5) is 10.1 Å². The fraction of sp³-hybridized carbons (Fsp3) is 0.261. The van der Waals surface area contributed by atoms with Gasteiger partial charge in [-0.15, -0.1) is 11.3 Å². The van der Waals surface area contributed by atoms with Crippen LogP contribution in [0.5, 0.6) is 5.75 Å². The van der Waals surface area contributed by atoms with E-state index in [0.717, 1.165) is 29.7 Å². The van der Waals surface area contributed by atoms with E-state index in [9.17, 15) is 17.6 Å². The molecular formula is C23H23FN2O4S2. The molecule has 32 heavy (non-hydrogen) atoms. The van der Waals surface area contributed by atoms with Crippen LogP contribution in [0.2, 0.25) is 0 Å². The average molecular weight is 475 g/mol. The second-order valence-corrected chi connectivity index (χ2v) is 10.6. The van der Waals surface area contributed by atoms with E-state index in [2.05, 4.69) is 0 Å². The van der Waals surface area contributed by atoms with Crippen molar-refractivity contribution in [3.8, 4) is 5.75 Å². The fourth-order valence-corrected chi connectivity index (χ4v) is 6.12. The number of sulfonamides is 1. The topological polar surface area (TPSA) is 66.9 Å². The Morgan fingerprint density at radius 1 is 1.16 bits per heavy atom. The van der Waals surface area contributed by atoms with Crippen molar-refractivity contribution < 1.29 is 22.3 Å². The predicted octanol–water partition coefficient (Wildman–Crippen LogP) is 4.45. The first-order valence-corrected chi connectivity index (χ1v) is 12.5. The Morgan fingerprint density at radius 3 is 2.53 bits per heavy atom. The summed E-state index contributed by atoms with van der Waals surface area (Å²) in [5.74, 6) is 0.0325. The first-order chi connectivity index (χ1) is 15.4. The molecule has 3 aromatic rings. The van der Waals surface area contributed by atoms with Crippen LogP contribution in [0.1, 0.15) is 24.4 Å². The van der Waals surface area contributed by atoms with Gasteiger partial charge in [0.05, 0.1) is 11.7 Å². The number of hydrogen-bond donors (Lipinski definition) is 0. The molecule has 1 aliphatic heterocycles. The van der Waals surface area contributed by atoms with E-state index in [1.54, 1.807) is 58.8 Å². The molecule has 1 fully saturated rings. The predicted molar refractivity (Wildman–Crippen MR) is 122 cm³/mol. The highest BCUT2D eigenvalue weighted by atomic mass is 32.2. The van der Waals surface area contributed by atoms with Crippen molar-refractivity contribution in [1.29, 1.82) is 0 Å². The lowest BCUT2D eigenvalue weighted by molar-refractivity contribution is -0.134. The van der Waals surface area contributed by atoms with Crippen LogP contribution < -0.4 is 9.04 Å². The van der Waals surface area contributed by atoms with Gasteiger partial charge in [-0.3, -0.25) is 9.10 Å². The lowest BCUT2D eigenvalue weighted by Gasteiger charge is -2.25. The highest BCUT2D eigenvalue weighted by Gasteiger charge is 2.30. The Balaban J connectivity index is 1.38. The molecule has 1 aromatic heterocycles. The van der Waals surface area contributed by atoms with Gasteiger partial charge in [0.2, 0.25) is 0 Å². The molecule has 1 aliphatic rings. The van der Waals surface area contributed by atoms with Crippen molar-refractivity contribution in [3.63, 3.8) is 0 Å². The number of benzene rings is 2. The summed E-state index contributed by atoms with van der Waals surface area (Å²) in [5.41, 5.74) is 1.41. The number of ether oxygens (including phenoxy) is 1. The number of carbonyl (C=O) groups excluding carboxylic acids is 1. The first kappa shape index (κ1) is 22.3. The molecular weight excluding hydrogens is 451 g/mol. The molecule has 0 aliphatic carbocycles. The molecule has 2 heterocycles. The van der Waals surface area contributed by atoms with Crippen LogP contribution in [-0.2, 0) is 14.8 Å². The Labute approximate surface area is 190 Å². The van der Waals surface area contributed by atoms with Crippen LogP contribution in [0.3, 0.4) is 0 Å². The van der Waals surface area contributed by atoms with Gasteiger partial charge in [0.15, 0.2) is 6.61 Å². The van der Waals surface area contributed by atoms with Crippen LogP contribution in [-0.4, -0.2) is 39.4 Å². The van der Waals surface area contributed by atoms with Gasteiger partial charge in [-0.25, -0.2) is 12.8 Å². The van der Waals surface area contributed by atoms with E-state index < -0.39 is 10.0 Å². The maximum absolute atomic E-state index is 13.2. The van der Waals surface area contributed by atoms with Gasteiger partial charge >= 0.3 is 0 Å². The first-order valence-electron chi connectivity index (χ1n) is 10.2. The summed E-state index contributed by atoms with van der Waals surface area (Å²) in [5, 5.41) is 1.72. The summed E-state index contributed by atoms with van der Waals surface area (Å²) in [7, 11) is -2.11. The van der Waals surface area contributed by atoms with Crippen molar-refractivity contribution in [2.45, 2.75) is 23.1 Å². The van der Waals surface area contributed by atoms with E-state index in [1.165, 1.54) is 23.5 Å². The summed E-state index contributed by atoms with van der Waals surface area (Å²) in [6.07, 6.45) is 1.71. The zero-order chi connectivity index (χ0) is 22.7. The second kappa shape index (κ2) is 9.30. The van der Waals surface area contributed by atoms with Crippen LogP contribution in [0.15, 0.2) is 70.3 Å². The van der Waals surface area contributed by atoms with Crippen LogP contribution in [0.25, 0.3) is 0 Å². The number of rotatable bonds is 7. The van der Waals surface area contributed by atoms with E-state index in [1.807, 2.05) is 0 Å². The molecule has 0 N–H and O–H groups in total. The number of hydrogen-bond acceptors (Lipinski definition) is 5. The van der Waals surface area contributed by atoms with Gasteiger partial charge in [0.25, 0.3) is 15.9 Å². The molecule has 0 radical (unpaired) electrons. The average Bonchev–Trinajstić information content (AvgIpc) is 3.50. The van der Waals surface area contributed by atoms with E-state index >= 15 is 0 Å². The van der Waals surface area contributed by atoms with Gasteiger partial charge in [-0.2, -0.15) is 0 Å². The molecule has 1 unspecified atom stereocenters. The lowest BCUT2D eigenvalue weighted by Crippen LogP contribution is -2.34. The zero-order valence-electron chi connectivity index (χ0n) is 17.5. The summed E-state index contributed by atoms with van der Waals surface area (Å²) < 4.78 is 45.6. The molecule has 9 heteroatoms. The summed E-state index contributed by atoms with van der Waals surface area (Å²) in [6, 6.07) is 16.0. The molecule has 6 nitrogen and oxygen atoms in total. The minimum atomic E-state index is -3.61. The molecule has 0 saturated carbocycles. The minimum absolute atomic E-state index is 0.0785. The van der Waals surface area contributed by atoms with Crippen molar-refractivity contribution in [3.05, 3.63) is 77.4 Å². The fourth-order valence-electron chi connectivity index (χ4n) is 3.76. The van der Waals surface area contributed by atoms with Gasteiger partial charge in [-0.05, 0) is 66.2 Å². The minimum Gasteiger partial charge on any atom is -0.484 e. The number of amides is 1. The normalized spacial score (nSPS) is 16.2. The van der Waals surface area contributed by atoms with Crippen LogP contribution >= 0.6 is 11.3 Å². The van der Waals surface area contributed by atoms with Gasteiger partial charge in [0.1, 0.15) is 15.8 Å². The number of nitrogens with zero attached hydrogens (tertiary/aromatic N) is 2. The van der Waals surface area contributed by atoms with Crippen molar-refractivity contribution in [2.24, 2.45) is 0 Å². The number of thiophene rings is 1. The standard InChI is InChI=1S/C23H23FN2O4S2/c1-25(32(28,29)23-5-3-15-31-23)19-10-12-20(13-11-19)30-16-22(27)26-14-2-4-21(26)17-6-8-18(24)9-7-17/h3,5-13,15,21H,2,4,14,16H2,1H3. The number of halogens is 1. The maximum Gasteiger partial charge on any atom is 0.273 e. The molecule has 0 spiro atoms. The highest BCUT2D eigenvalue weighted by Crippen LogP contribution is 2.32. The quantitative estimate of drug-likeness (QED) is 0.507. The van der Waals surface area contributed by atoms with Crippen LogP contribution in [0, 0.1) is 5.82 Å². The van der Waals surface area contributed by atoms with Crippen molar-refractivity contribution in [2.75, 3.05) is 24.5 Å². The van der Waals surface area contributed by atoms with E-state index in [-0.39, 0.29) is 28.6 Å². The second-order valence-electron chi connectivity index (χ2n) is 7.48. The molecule has 2 aromatic carbocycles. The SMILES string of the molecule is CN(c1ccc(OCC(=O)N2CCCC2c2ccc(F)cc2)cc1)S(=O)(=O)c1cccs1. The van der Waals surface area contributed by atoms with Gasteiger partial charge < -0.3 is 9.64 Å². The van der Waals surface area contributed by atoms with Crippen molar-refractivity contribution in [1.82, 2.24) is 4.90 Å². The summed E-state index contributed by atoms with van der Waals surface area (Å²) in [4.78, 5) is 14.5. The third-order valence-electron chi connectivity index (χ3n) is 5.50. The third-order valence-corrected chi connectivity index (χ3v) is 8.66. The molecule has 168 valence electrons. The Kier molecular flexibility index (Phi) is 6.48. The molecule has 1 amide bonds. The Morgan fingerprint density at radius 2 is 1.88 bits per heavy atom. The molecule has 1 atom stereocenters. The Bertz CT molecular complexity index is 1160. The Hall–Kier alpha value is -2.91. The number of carbonyl (C=O) groups is 1. The van der Waals surface area contributed by atoms with Gasteiger partial charge in [0, 0.05) is 13.6 Å². The van der Waals surface area contributed by atoms with Gasteiger partial charge in [-0.1, -0.05) is 18.2 Å². The van der Waals surface area contributed by atoms with E-state index in [0.29, 0.717) is 18.0 Å². The third kappa shape index (κ3) is 4.63. The highest BCUT2D eigenvalue weighted by molar-refractivity contribution is 7.94. The zero-order valence-corrected chi connectivity index (χ0v) is 19.1.